The van der Waals surface area contributed by atoms with Crippen LogP contribution in [0.2, 0.25) is 0 Å². The van der Waals surface area contributed by atoms with Crippen LogP contribution in [0, 0.1) is 0 Å². The van der Waals surface area contributed by atoms with Gasteiger partial charge in [-0.25, -0.2) is 0 Å². The Morgan fingerprint density at radius 2 is 1.34 bits per heavy atom. The summed E-state index contributed by atoms with van der Waals surface area (Å²) in [6, 6.07) is 35.5. The first kappa shape index (κ1) is 23.7. The van der Waals surface area contributed by atoms with Crippen LogP contribution in [-0.4, -0.2) is 4.98 Å². The molecule has 0 amide bonds. The SMILES string of the molecule is FC(F)(F)c1cccc2c(-c3cccc(OCc4cccc5ccccc45)c3)c(-c3ccccc3)cnc12. The third kappa shape index (κ3) is 4.48. The van der Waals surface area contributed by atoms with E-state index in [9.17, 15) is 13.2 Å². The third-order valence-corrected chi connectivity index (χ3v) is 6.68. The second kappa shape index (κ2) is 9.67. The minimum atomic E-state index is -4.51. The molecule has 1 aromatic heterocycles. The average molecular weight is 506 g/mol. The van der Waals surface area contributed by atoms with Crippen LogP contribution in [0.25, 0.3) is 43.9 Å². The van der Waals surface area contributed by atoms with E-state index >= 15 is 0 Å². The van der Waals surface area contributed by atoms with Crippen LogP contribution in [0.3, 0.4) is 0 Å². The Labute approximate surface area is 218 Å². The summed E-state index contributed by atoms with van der Waals surface area (Å²) in [6.45, 7) is 0.367. The van der Waals surface area contributed by atoms with Gasteiger partial charge in [0, 0.05) is 22.7 Å². The lowest BCUT2D eigenvalue weighted by atomic mass is 9.91. The van der Waals surface area contributed by atoms with Gasteiger partial charge in [-0.15, -0.1) is 0 Å². The average Bonchev–Trinajstić information content (AvgIpc) is 2.95. The molecule has 0 aliphatic heterocycles. The normalized spacial score (nSPS) is 11.7. The Bertz CT molecular complexity index is 1760. The molecule has 0 saturated carbocycles. The van der Waals surface area contributed by atoms with Gasteiger partial charge in [-0.3, -0.25) is 4.98 Å². The molecule has 1 heterocycles. The fourth-order valence-corrected chi connectivity index (χ4v) is 4.92. The zero-order chi connectivity index (χ0) is 26.1. The highest BCUT2D eigenvalue weighted by Gasteiger charge is 2.33. The van der Waals surface area contributed by atoms with E-state index in [1.807, 2.05) is 78.9 Å². The molecule has 0 unspecified atom stereocenters. The van der Waals surface area contributed by atoms with Crippen molar-refractivity contribution < 1.29 is 17.9 Å². The van der Waals surface area contributed by atoms with Crippen LogP contribution in [0.5, 0.6) is 5.75 Å². The molecule has 0 fully saturated rings. The van der Waals surface area contributed by atoms with Gasteiger partial charge in [-0.05, 0) is 45.7 Å². The van der Waals surface area contributed by atoms with Crippen molar-refractivity contribution in [1.82, 2.24) is 4.98 Å². The van der Waals surface area contributed by atoms with Crippen molar-refractivity contribution in [3.05, 3.63) is 133 Å². The van der Waals surface area contributed by atoms with Crippen LogP contribution in [0.15, 0.2) is 121 Å². The molecule has 0 bridgehead atoms. The van der Waals surface area contributed by atoms with E-state index in [4.69, 9.17) is 4.74 Å². The maximum absolute atomic E-state index is 13.9. The van der Waals surface area contributed by atoms with Crippen molar-refractivity contribution in [3.63, 3.8) is 0 Å². The van der Waals surface area contributed by atoms with Crippen molar-refractivity contribution in [1.29, 1.82) is 0 Å². The quantitative estimate of drug-likeness (QED) is 0.233. The molecule has 186 valence electrons. The fourth-order valence-electron chi connectivity index (χ4n) is 4.92. The van der Waals surface area contributed by atoms with Crippen molar-refractivity contribution >= 4 is 21.7 Å². The molecule has 0 N–H and O–H groups in total. The number of rotatable bonds is 5. The minimum Gasteiger partial charge on any atom is -0.489 e. The summed E-state index contributed by atoms with van der Waals surface area (Å²) in [5, 5.41) is 2.70. The van der Waals surface area contributed by atoms with E-state index < -0.39 is 11.7 Å². The van der Waals surface area contributed by atoms with Gasteiger partial charge in [0.15, 0.2) is 0 Å². The summed E-state index contributed by atoms with van der Waals surface area (Å²) < 4.78 is 47.8. The largest absolute Gasteiger partial charge is 0.489 e. The zero-order valence-corrected chi connectivity index (χ0v) is 20.2. The number of alkyl halides is 3. The molecule has 0 aliphatic carbocycles. The van der Waals surface area contributed by atoms with E-state index in [2.05, 4.69) is 23.2 Å². The van der Waals surface area contributed by atoms with Gasteiger partial charge in [0.2, 0.25) is 0 Å². The molecule has 0 atom stereocenters. The second-order valence-electron chi connectivity index (χ2n) is 9.07. The highest BCUT2D eigenvalue weighted by atomic mass is 19.4. The first-order valence-corrected chi connectivity index (χ1v) is 12.2. The molecule has 0 spiro atoms. The van der Waals surface area contributed by atoms with Gasteiger partial charge < -0.3 is 4.74 Å². The van der Waals surface area contributed by atoms with E-state index in [0.29, 0.717) is 23.3 Å². The van der Waals surface area contributed by atoms with Crippen LogP contribution < -0.4 is 4.74 Å². The summed E-state index contributed by atoms with van der Waals surface area (Å²) in [5.74, 6) is 0.631. The molecule has 6 rings (SSSR count). The summed E-state index contributed by atoms with van der Waals surface area (Å²) >= 11 is 0. The number of halogens is 3. The Morgan fingerprint density at radius 3 is 2.18 bits per heavy atom. The van der Waals surface area contributed by atoms with Gasteiger partial charge in [0.05, 0.1) is 11.1 Å². The number of para-hydroxylation sites is 1. The van der Waals surface area contributed by atoms with Gasteiger partial charge in [0.25, 0.3) is 0 Å². The second-order valence-corrected chi connectivity index (χ2v) is 9.07. The molecular formula is C33H22F3NO. The van der Waals surface area contributed by atoms with Gasteiger partial charge >= 0.3 is 6.18 Å². The number of nitrogens with zero attached hydrogens (tertiary/aromatic N) is 1. The third-order valence-electron chi connectivity index (χ3n) is 6.68. The molecule has 5 heteroatoms. The lowest BCUT2D eigenvalue weighted by Gasteiger charge is -2.17. The van der Waals surface area contributed by atoms with E-state index in [-0.39, 0.29) is 5.52 Å². The Morgan fingerprint density at radius 1 is 0.658 bits per heavy atom. The van der Waals surface area contributed by atoms with Crippen molar-refractivity contribution in [2.24, 2.45) is 0 Å². The van der Waals surface area contributed by atoms with E-state index in [0.717, 1.165) is 39.1 Å². The topological polar surface area (TPSA) is 22.1 Å². The van der Waals surface area contributed by atoms with Crippen LogP contribution in [0.1, 0.15) is 11.1 Å². The number of hydrogen-bond acceptors (Lipinski definition) is 2. The number of hydrogen-bond donors (Lipinski definition) is 0. The van der Waals surface area contributed by atoms with Gasteiger partial charge in [-0.1, -0.05) is 97.1 Å². The highest BCUT2D eigenvalue weighted by molar-refractivity contribution is 6.03. The maximum Gasteiger partial charge on any atom is 0.418 e. The molecule has 0 radical (unpaired) electrons. The van der Waals surface area contributed by atoms with Crippen LogP contribution >= 0.6 is 0 Å². The molecule has 2 nitrogen and oxygen atoms in total. The first-order valence-electron chi connectivity index (χ1n) is 12.2. The van der Waals surface area contributed by atoms with Gasteiger partial charge in [-0.2, -0.15) is 13.2 Å². The van der Waals surface area contributed by atoms with E-state index in [1.165, 1.54) is 12.3 Å². The fraction of sp³-hybridized carbons (Fsp3) is 0.0606. The smallest absolute Gasteiger partial charge is 0.418 e. The number of aromatic nitrogens is 1. The molecular weight excluding hydrogens is 483 g/mol. The lowest BCUT2D eigenvalue weighted by Crippen LogP contribution is -2.07. The summed E-state index contributed by atoms with van der Waals surface area (Å²) in [5.41, 5.74) is 3.30. The monoisotopic (exact) mass is 505 g/mol. The van der Waals surface area contributed by atoms with Gasteiger partial charge in [0.1, 0.15) is 12.4 Å². The zero-order valence-electron chi connectivity index (χ0n) is 20.2. The number of benzene rings is 5. The first-order chi connectivity index (χ1) is 18.5. The highest BCUT2D eigenvalue weighted by Crippen LogP contribution is 2.42. The standard InChI is InChI=1S/C33H22F3NO/c34-33(35,36)30-18-8-17-28-31(29(20-37-32(28)30)23-9-2-1-3-10-23)24-13-7-15-26(19-24)38-21-25-14-6-12-22-11-4-5-16-27(22)25/h1-20H,21H2. The molecule has 0 saturated heterocycles. The predicted octanol–water partition coefficient (Wildman–Crippen LogP) is 9.32. The number of fused-ring (bicyclic) bond motifs is 2. The van der Waals surface area contributed by atoms with Crippen LogP contribution in [-0.2, 0) is 12.8 Å². The molecule has 0 aliphatic rings. The Hall–Kier alpha value is -4.64. The van der Waals surface area contributed by atoms with E-state index in [1.54, 1.807) is 6.07 Å². The predicted molar refractivity (Wildman–Crippen MR) is 146 cm³/mol. The van der Waals surface area contributed by atoms with Crippen molar-refractivity contribution in [2.75, 3.05) is 0 Å². The Balaban J connectivity index is 1.46. The molecule has 38 heavy (non-hydrogen) atoms. The van der Waals surface area contributed by atoms with Crippen LogP contribution in [0.4, 0.5) is 13.2 Å². The Kier molecular flexibility index (Phi) is 6.04. The number of ether oxygens (including phenoxy) is 1. The maximum atomic E-state index is 13.9. The lowest BCUT2D eigenvalue weighted by molar-refractivity contribution is -0.136. The summed E-state index contributed by atoms with van der Waals surface area (Å²) in [7, 11) is 0. The number of pyridine rings is 1. The summed E-state index contributed by atoms with van der Waals surface area (Å²) in [4.78, 5) is 4.29. The molecule has 5 aromatic carbocycles. The molecule has 6 aromatic rings. The van der Waals surface area contributed by atoms with Crippen molar-refractivity contribution in [2.45, 2.75) is 12.8 Å². The summed E-state index contributed by atoms with van der Waals surface area (Å²) in [6.07, 6.45) is -2.98. The van der Waals surface area contributed by atoms with Crippen molar-refractivity contribution in [3.8, 4) is 28.0 Å². The minimum absolute atomic E-state index is 0.0724.